The van der Waals surface area contributed by atoms with E-state index in [-0.39, 0.29) is 0 Å². The first-order chi connectivity index (χ1) is 7.36. The molecule has 0 spiro atoms. The van der Waals surface area contributed by atoms with E-state index in [1.807, 2.05) is 13.0 Å². The van der Waals surface area contributed by atoms with Crippen LogP contribution in [0.25, 0.3) is 0 Å². The van der Waals surface area contributed by atoms with Crippen molar-refractivity contribution >= 4 is 20.0 Å². The van der Waals surface area contributed by atoms with Gasteiger partial charge in [-0.2, -0.15) is 13.7 Å². The summed E-state index contributed by atoms with van der Waals surface area (Å²) in [6.45, 7) is 2.59. The molecule has 16 heavy (non-hydrogen) atoms. The molecule has 0 aromatic heterocycles. The highest BCUT2D eigenvalue weighted by atomic mass is 35.7. The summed E-state index contributed by atoms with van der Waals surface area (Å²) < 4.78 is 30.4. The van der Waals surface area contributed by atoms with Crippen molar-refractivity contribution in [1.29, 1.82) is 5.26 Å². The lowest BCUT2D eigenvalue weighted by Gasteiger charge is -2.00. The molecule has 0 radical (unpaired) electrons. The topological polar surface area (TPSA) is 87.4 Å². The summed E-state index contributed by atoms with van der Waals surface area (Å²) in [6.07, 6.45) is 0. The zero-order chi connectivity index (χ0) is 12.6. The second-order valence-electron chi connectivity index (χ2n) is 2.48. The van der Waals surface area contributed by atoms with Gasteiger partial charge >= 0.3 is 9.33 Å². The largest absolute Gasteiger partial charge is 0.494 e. The predicted molar refractivity (Wildman–Crippen MR) is 59.7 cm³/mol. The number of halogens is 1. The third kappa shape index (κ3) is 9.27. The molecule has 1 aromatic carbocycles. The van der Waals surface area contributed by atoms with Crippen molar-refractivity contribution < 1.29 is 17.7 Å². The maximum absolute atomic E-state index is 8.95. The molecular weight excluding hydrogens is 254 g/mol. The van der Waals surface area contributed by atoms with Crippen LogP contribution in [0.5, 0.6) is 5.75 Å². The molecule has 0 saturated heterocycles. The van der Waals surface area contributed by atoms with Gasteiger partial charge in [0.2, 0.25) is 0 Å². The number of nitriles is 1. The molecule has 0 heterocycles. The minimum Gasteiger partial charge on any atom is -0.494 e. The third-order valence-electron chi connectivity index (χ3n) is 1.29. The predicted octanol–water partition coefficient (Wildman–Crippen LogP) is 1.98. The van der Waals surface area contributed by atoms with Gasteiger partial charge in [0, 0.05) is 10.7 Å². The molecule has 0 amide bonds. The second-order valence-corrected chi connectivity index (χ2v) is 4.48. The summed E-state index contributed by atoms with van der Waals surface area (Å²) in [5.74, 6) is 0.812. The van der Waals surface area contributed by atoms with Crippen molar-refractivity contribution in [3.8, 4) is 11.8 Å². The Kier molecular flexibility index (Phi) is 6.49. The summed E-state index contributed by atoms with van der Waals surface area (Å²) in [4.78, 5) is 0. The summed E-state index contributed by atoms with van der Waals surface area (Å²) in [6, 6.07) is 9.11. The Labute approximate surface area is 98.5 Å². The quantitative estimate of drug-likeness (QED) is 0.651. The van der Waals surface area contributed by atoms with E-state index < -0.39 is 9.33 Å². The molecule has 1 rings (SSSR count). The highest BCUT2D eigenvalue weighted by molar-refractivity contribution is 8.09. The van der Waals surface area contributed by atoms with Crippen molar-refractivity contribution in [3.05, 3.63) is 29.8 Å². The Bertz CT molecular complexity index is 441. The van der Waals surface area contributed by atoms with Crippen LogP contribution in [0.1, 0.15) is 12.5 Å². The van der Waals surface area contributed by atoms with Crippen LogP contribution in [-0.2, 0) is 9.33 Å². The van der Waals surface area contributed by atoms with Gasteiger partial charge in [0.1, 0.15) is 5.75 Å². The van der Waals surface area contributed by atoms with E-state index in [2.05, 4.69) is 10.7 Å². The highest BCUT2D eigenvalue weighted by Gasteiger charge is 1.91. The SMILES string of the molecule is CCOc1ccc(C#N)cc1.O=S(=O)(O)Cl. The minimum absolute atomic E-state index is 0.659. The standard InChI is InChI=1S/C9H9NO.ClHO3S/c1-2-11-9-5-3-8(7-10)4-6-9;1-5(2,3)4/h3-6H,2H2,1H3;(H,2,3,4). The van der Waals surface area contributed by atoms with Crippen LogP contribution < -0.4 is 4.74 Å². The Morgan fingerprint density at radius 3 is 2.19 bits per heavy atom. The minimum atomic E-state index is -4.19. The fraction of sp³-hybridized carbons (Fsp3) is 0.222. The highest BCUT2D eigenvalue weighted by Crippen LogP contribution is 2.10. The Hall–Kier alpha value is -1.29. The van der Waals surface area contributed by atoms with Gasteiger partial charge in [-0.1, -0.05) is 0 Å². The first-order valence-electron chi connectivity index (χ1n) is 4.17. The van der Waals surface area contributed by atoms with E-state index in [1.165, 1.54) is 0 Å². The van der Waals surface area contributed by atoms with Crippen molar-refractivity contribution in [2.24, 2.45) is 0 Å². The molecule has 0 aliphatic heterocycles. The normalized spacial score (nSPS) is 9.62. The average Bonchev–Trinajstić information content (AvgIpc) is 2.17. The summed E-state index contributed by atoms with van der Waals surface area (Å²) >= 11 is 0. The maximum Gasteiger partial charge on any atom is 0.353 e. The van der Waals surface area contributed by atoms with Crippen molar-refractivity contribution in [2.45, 2.75) is 6.92 Å². The van der Waals surface area contributed by atoms with E-state index in [9.17, 15) is 0 Å². The summed E-state index contributed by atoms with van der Waals surface area (Å²) in [5.41, 5.74) is 0.661. The molecule has 1 N–H and O–H groups in total. The average molecular weight is 264 g/mol. The maximum atomic E-state index is 8.95. The van der Waals surface area contributed by atoms with Crippen LogP contribution in [0, 0.1) is 11.3 Å². The molecule has 5 nitrogen and oxygen atoms in total. The fourth-order valence-corrected chi connectivity index (χ4v) is 0.792. The lowest BCUT2D eigenvalue weighted by atomic mass is 10.2. The number of ether oxygens (including phenoxy) is 1. The summed E-state index contributed by atoms with van der Waals surface area (Å²) in [5, 5.41) is 8.47. The van der Waals surface area contributed by atoms with E-state index >= 15 is 0 Å². The molecular formula is C9H10ClNO4S. The lowest BCUT2D eigenvalue weighted by molar-refractivity contribution is 0.340. The van der Waals surface area contributed by atoms with Crippen LogP contribution in [-0.4, -0.2) is 19.6 Å². The number of hydrogen-bond donors (Lipinski definition) is 1. The van der Waals surface area contributed by atoms with Gasteiger partial charge in [-0.05, 0) is 31.2 Å². The first kappa shape index (κ1) is 14.7. The molecule has 0 aliphatic carbocycles. The molecule has 0 bridgehead atoms. The van der Waals surface area contributed by atoms with E-state index in [0.717, 1.165) is 5.75 Å². The first-order valence-corrected chi connectivity index (χ1v) is 6.43. The van der Waals surface area contributed by atoms with Crippen LogP contribution in [0.4, 0.5) is 0 Å². The van der Waals surface area contributed by atoms with Gasteiger partial charge in [0.05, 0.1) is 18.2 Å². The number of nitrogens with zero attached hydrogens (tertiary/aromatic N) is 1. The van der Waals surface area contributed by atoms with E-state index in [0.29, 0.717) is 12.2 Å². The molecule has 88 valence electrons. The van der Waals surface area contributed by atoms with Crippen molar-refractivity contribution in [1.82, 2.24) is 0 Å². The Morgan fingerprint density at radius 1 is 1.44 bits per heavy atom. The molecule has 1 aromatic rings. The molecule has 0 saturated carbocycles. The Balaban J connectivity index is 0.000000385. The molecule has 0 aliphatic rings. The monoisotopic (exact) mass is 263 g/mol. The van der Waals surface area contributed by atoms with Crippen molar-refractivity contribution in [3.63, 3.8) is 0 Å². The van der Waals surface area contributed by atoms with Crippen LogP contribution in [0.15, 0.2) is 24.3 Å². The van der Waals surface area contributed by atoms with Gasteiger partial charge in [-0.25, -0.2) is 0 Å². The molecule has 0 unspecified atom stereocenters. The number of rotatable bonds is 2. The van der Waals surface area contributed by atoms with Gasteiger partial charge in [-0.3, -0.25) is 4.55 Å². The fourth-order valence-electron chi connectivity index (χ4n) is 0.792. The molecule has 7 heteroatoms. The van der Waals surface area contributed by atoms with Gasteiger partial charge < -0.3 is 4.74 Å². The smallest absolute Gasteiger partial charge is 0.353 e. The van der Waals surface area contributed by atoms with Crippen LogP contribution in [0.2, 0.25) is 0 Å². The van der Waals surface area contributed by atoms with Gasteiger partial charge in [-0.15, -0.1) is 0 Å². The lowest BCUT2D eigenvalue weighted by Crippen LogP contribution is -1.90. The van der Waals surface area contributed by atoms with Crippen LogP contribution in [0.3, 0.4) is 0 Å². The third-order valence-corrected chi connectivity index (χ3v) is 1.29. The van der Waals surface area contributed by atoms with E-state index in [1.54, 1.807) is 24.3 Å². The zero-order valence-corrected chi connectivity index (χ0v) is 9.99. The summed E-state index contributed by atoms with van der Waals surface area (Å²) in [7, 11) is -0.137. The number of hydrogen-bond acceptors (Lipinski definition) is 4. The zero-order valence-electron chi connectivity index (χ0n) is 8.42. The number of benzene rings is 1. The van der Waals surface area contributed by atoms with Crippen molar-refractivity contribution in [2.75, 3.05) is 6.61 Å². The Morgan fingerprint density at radius 2 is 1.88 bits per heavy atom. The van der Waals surface area contributed by atoms with E-state index in [4.69, 9.17) is 23.0 Å². The van der Waals surface area contributed by atoms with Gasteiger partial charge in [0.25, 0.3) is 0 Å². The van der Waals surface area contributed by atoms with Crippen LogP contribution >= 0.6 is 10.7 Å². The molecule has 0 fully saturated rings. The van der Waals surface area contributed by atoms with Gasteiger partial charge in [0.15, 0.2) is 0 Å². The molecule has 0 atom stereocenters. The second kappa shape index (κ2) is 7.06.